The van der Waals surface area contributed by atoms with E-state index in [-0.39, 0.29) is 6.17 Å². The second kappa shape index (κ2) is 21.4. The van der Waals surface area contributed by atoms with Gasteiger partial charge >= 0.3 is 0 Å². The predicted octanol–water partition coefficient (Wildman–Crippen LogP) is 17.6. The van der Waals surface area contributed by atoms with Crippen molar-refractivity contribution in [1.29, 1.82) is 0 Å². The summed E-state index contributed by atoms with van der Waals surface area (Å²) in [4.78, 5) is 36.4. The SMILES string of the molecule is Cc1ccc2c3c1c1c4c(cc[n+]1C)cncc4n3c1nc3ccccc3n21.Cc1ccc2c3c1c1c4c(cc[n+]1C)nccc4n3c1nc3ccccc3n21.Cc1ccc2c3c1c1c4c(ccnc4n3c3nc4ccccc4n23)cc[n+]1C.Cc1ccc2c3c1n1c4c(cccc4n3c3nc4ccccc4n23)N(C)[C@@H]1C. The molecule has 0 saturated carbocycles. The summed E-state index contributed by atoms with van der Waals surface area (Å²) in [7, 11) is 8.53. The Labute approximate surface area is 633 Å². The van der Waals surface area contributed by atoms with Crippen LogP contribution in [0.3, 0.4) is 0 Å². The Bertz CT molecular complexity index is 8250. The third-order valence-corrected chi connectivity index (χ3v) is 24.7. The van der Waals surface area contributed by atoms with Crippen LogP contribution in [0.1, 0.15) is 35.3 Å². The van der Waals surface area contributed by atoms with Crippen molar-refractivity contribution in [2.45, 2.75) is 40.8 Å². The van der Waals surface area contributed by atoms with Crippen LogP contribution >= 0.6 is 0 Å². The number of anilines is 1. The third-order valence-electron chi connectivity index (χ3n) is 24.7. The number of hydrogen-bond donors (Lipinski definition) is 0. The van der Waals surface area contributed by atoms with E-state index in [1.54, 1.807) is 0 Å². The maximum atomic E-state index is 5.03. The molecule has 1 atom stereocenters. The molecule has 112 heavy (non-hydrogen) atoms. The smallest absolute Gasteiger partial charge is 0.226 e. The Morgan fingerprint density at radius 2 is 0.732 bits per heavy atom. The average molecular weight is 1450 g/mol. The molecule has 19 heterocycles. The van der Waals surface area contributed by atoms with E-state index >= 15 is 0 Å². The van der Waals surface area contributed by atoms with Crippen LogP contribution < -0.4 is 18.6 Å². The second-order valence-corrected chi connectivity index (χ2v) is 30.7. The highest BCUT2D eigenvalue weighted by Crippen LogP contribution is 2.46. The molecule has 9 aromatic carbocycles. The maximum absolute atomic E-state index is 5.03. The molecule has 1 aliphatic rings. The molecule has 0 N–H and O–H groups in total. The zero-order valence-corrected chi connectivity index (χ0v) is 62.5. The summed E-state index contributed by atoms with van der Waals surface area (Å²) in [5.74, 6) is 3.79. The van der Waals surface area contributed by atoms with E-state index < -0.39 is 0 Å². The van der Waals surface area contributed by atoms with Gasteiger partial charge in [0.05, 0.1) is 166 Å². The normalized spacial score (nSPS) is 13.7. The number of benzene rings is 9. The quantitative estimate of drug-likeness (QED) is 0.0829. The van der Waals surface area contributed by atoms with Crippen LogP contribution in [-0.2, 0) is 21.1 Å². The molecule has 0 bridgehead atoms. The van der Waals surface area contributed by atoms with E-state index in [1.165, 1.54) is 137 Å². The van der Waals surface area contributed by atoms with Gasteiger partial charge < -0.3 is 9.47 Å². The van der Waals surface area contributed by atoms with Crippen LogP contribution in [0.2, 0.25) is 0 Å². The molecule has 0 saturated heterocycles. The minimum Gasteiger partial charge on any atom is -0.352 e. The van der Waals surface area contributed by atoms with Gasteiger partial charge in [0.25, 0.3) is 0 Å². The molecule has 532 valence electrons. The van der Waals surface area contributed by atoms with Gasteiger partial charge in [0.15, 0.2) is 24.2 Å². The third kappa shape index (κ3) is 7.50. The van der Waals surface area contributed by atoms with Crippen molar-refractivity contribution in [2.24, 2.45) is 21.1 Å². The first-order chi connectivity index (χ1) is 54.9. The van der Waals surface area contributed by atoms with Crippen molar-refractivity contribution in [3.05, 3.63) is 260 Å². The first-order valence-electron chi connectivity index (χ1n) is 38.0. The fourth-order valence-corrected chi connectivity index (χ4v) is 19.8. The number of aromatic nitrogens is 19. The number of rotatable bonds is 0. The summed E-state index contributed by atoms with van der Waals surface area (Å²) in [5.41, 5.74) is 36.2. The molecular formula is C92H67N20+3. The van der Waals surface area contributed by atoms with Crippen LogP contribution in [0.25, 0.3) is 210 Å². The van der Waals surface area contributed by atoms with Gasteiger partial charge in [-0.25, -0.2) is 38.6 Å². The molecule has 0 spiro atoms. The van der Waals surface area contributed by atoms with E-state index in [0.29, 0.717) is 0 Å². The van der Waals surface area contributed by atoms with Crippen LogP contribution in [-0.4, -0.2) is 81.7 Å². The molecule has 28 rings (SSSR count). The van der Waals surface area contributed by atoms with Gasteiger partial charge in [-0.1, -0.05) is 78.9 Å². The van der Waals surface area contributed by atoms with Crippen LogP contribution in [0.5, 0.6) is 0 Å². The molecule has 18 aromatic heterocycles. The summed E-state index contributed by atoms with van der Waals surface area (Å²) in [6, 6.07) is 68.4. The number of nitrogens with zero attached hydrogens (tertiary/aromatic N) is 20. The largest absolute Gasteiger partial charge is 0.352 e. The summed E-state index contributed by atoms with van der Waals surface area (Å²) in [5, 5.41) is 9.74. The lowest BCUT2D eigenvalue weighted by Crippen LogP contribution is -2.29. The summed E-state index contributed by atoms with van der Waals surface area (Å²) in [6.07, 6.45) is 14.3. The number of para-hydroxylation sites is 9. The van der Waals surface area contributed by atoms with Gasteiger partial charge in [-0.05, 0) is 159 Å². The van der Waals surface area contributed by atoms with Gasteiger partial charge in [0.2, 0.25) is 39.7 Å². The van der Waals surface area contributed by atoms with E-state index in [0.717, 1.165) is 100 Å². The molecule has 20 heteroatoms. The van der Waals surface area contributed by atoms with E-state index in [9.17, 15) is 0 Å². The first-order valence-corrected chi connectivity index (χ1v) is 38.0. The molecule has 0 aliphatic carbocycles. The fraction of sp³-hybridized carbons (Fsp3) is 0.109. The fourth-order valence-electron chi connectivity index (χ4n) is 19.8. The molecule has 0 fully saturated rings. The number of aryl methyl sites for hydroxylation is 7. The number of imidazole rings is 8. The van der Waals surface area contributed by atoms with E-state index in [1.807, 2.05) is 43.0 Å². The lowest BCUT2D eigenvalue weighted by Gasteiger charge is -2.22. The molecule has 27 aromatic rings. The van der Waals surface area contributed by atoms with E-state index in [4.69, 9.17) is 24.9 Å². The molecule has 1 aliphatic heterocycles. The van der Waals surface area contributed by atoms with Crippen molar-refractivity contribution in [2.75, 3.05) is 11.9 Å². The first kappa shape index (κ1) is 61.4. The standard InChI is InChI=1S/C23H19N5.3C23H16N5/c1-13-11-12-19-22-20(13)26-14(2)25(3)17-9-6-10-18(21(17)26)28(22)23-24-15-7-4-5-8-16(15)27(19)23;1-13-7-8-17-20-18(13)21-19-14(10-12-26(21)2)9-11-24-22(19)28(20)23-25-15-5-3-4-6-16(15)27(17)23;1-13-7-8-18-21-19(13)22-20-15(10-12-26(22)2)24-11-9-17(20)28(21)23-25-14-5-3-4-6-16(14)27(18)23;1-13-7-8-17-21-19(13)22-20-14(9-10-26(22)2)11-24-12-18(20)28(21)23-25-15-5-3-4-6-16(15)27(17)23/h4-12,14H,1-3H3;3*3-12H,1-2H3/q;3*+1/t14-;;;/m0.../s1. The van der Waals surface area contributed by atoms with Crippen LogP contribution in [0, 0.1) is 27.7 Å². The number of hydrogen-bond acceptors (Lipinski definition) is 8. The monoisotopic (exact) mass is 1450 g/mol. The molecule has 0 unspecified atom stereocenters. The predicted molar refractivity (Wildman–Crippen MR) is 448 cm³/mol. The van der Waals surface area contributed by atoms with Crippen LogP contribution in [0.15, 0.2) is 238 Å². The van der Waals surface area contributed by atoms with Crippen molar-refractivity contribution in [3.8, 4) is 0 Å². The Morgan fingerprint density at radius 3 is 1.29 bits per heavy atom. The Hall–Kier alpha value is -14.7. The van der Waals surface area contributed by atoms with Crippen molar-refractivity contribution >= 4 is 215 Å². The zero-order chi connectivity index (χ0) is 74.4. The maximum Gasteiger partial charge on any atom is 0.226 e. The van der Waals surface area contributed by atoms with E-state index in [2.05, 4.69) is 326 Å². The van der Waals surface area contributed by atoms with Gasteiger partial charge in [0.1, 0.15) is 27.3 Å². The van der Waals surface area contributed by atoms with Gasteiger partial charge in [-0.3, -0.25) is 45.2 Å². The molecule has 0 amide bonds. The van der Waals surface area contributed by atoms with Gasteiger partial charge in [-0.15, -0.1) is 0 Å². The molecule has 20 nitrogen and oxygen atoms in total. The lowest BCUT2D eigenvalue weighted by molar-refractivity contribution is -0.644. The average Bonchev–Trinajstić information content (AvgIpc) is 1.54. The highest BCUT2D eigenvalue weighted by atomic mass is 15.3. The lowest BCUT2D eigenvalue weighted by atomic mass is 10.0. The minimum atomic E-state index is 0.271. The molecule has 0 radical (unpaired) electrons. The van der Waals surface area contributed by atoms with Gasteiger partial charge in [-0.2, -0.15) is 0 Å². The number of pyridine rings is 9. The van der Waals surface area contributed by atoms with Crippen LogP contribution in [0.4, 0.5) is 5.69 Å². The van der Waals surface area contributed by atoms with Crippen molar-refractivity contribution in [1.82, 2.24) is 74.7 Å². The molecular weight excluding hydrogens is 1390 g/mol. The Kier molecular flexibility index (Phi) is 11.7. The Morgan fingerprint density at radius 1 is 0.304 bits per heavy atom. The topological polar surface area (TPSA) is 145 Å². The highest BCUT2D eigenvalue weighted by molar-refractivity contribution is 6.24. The summed E-state index contributed by atoms with van der Waals surface area (Å²) >= 11 is 0. The summed E-state index contributed by atoms with van der Waals surface area (Å²) in [6.45, 7) is 11.1. The van der Waals surface area contributed by atoms with Gasteiger partial charge in [0, 0.05) is 49.2 Å². The van der Waals surface area contributed by atoms with Crippen molar-refractivity contribution in [3.63, 3.8) is 0 Å². The Balaban J connectivity index is 0.0000000847. The summed E-state index contributed by atoms with van der Waals surface area (Å²) < 4.78 is 27.5. The minimum absolute atomic E-state index is 0.271. The highest BCUT2D eigenvalue weighted by Gasteiger charge is 2.34. The number of fused-ring (bicyclic) bond motifs is 28. The zero-order valence-electron chi connectivity index (χ0n) is 62.5. The second-order valence-electron chi connectivity index (χ2n) is 30.7. The van der Waals surface area contributed by atoms with Crippen molar-refractivity contribution < 1.29 is 13.7 Å².